The van der Waals surface area contributed by atoms with Crippen LogP contribution in [0.25, 0.3) is 5.65 Å². The van der Waals surface area contributed by atoms with E-state index in [0.29, 0.717) is 24.4 Å². The lowest BCUT2D eigenvalue weighted by molar-refractivity contribution is -0.136. The van der Waals surface area contributed by atoms with E-state index in [4.69, 9.17) is 5.11 Å². The topological polar surface area (TPSA) is 83.7 Å². The molecule has 0 atom stereocenters. The summed E-state index contributed by atoms with van der Waals surface area (Å²) < 4.78 is 1.48. The number of carboxylic acids is 1. The zero-order chi connectivity index (χ0) is 13.8. The predicted octanol–water partition coefficient (Wildman–Crippen LogP) is 0.567. The maximum Gasteiger partial charge on any atom is 0.304 e. The molecule has 0 radical (unpaired) electrons. The Bertz CT molecular complexity index is 664. The van der Waals surface area contributed by atoms with Crippen molar-refractivity contribution in [1.29, 1.82) is 0 Å². The minimum absolute atomic E-state index is 0.0473. The molecular weight excluding hydrogens is 246 g/mol. The van der Waals surface area contributed by atoms with Crippen LogP contribution < -0.4 is 10.9 Å². The van der Waals surface area contributed by atoms with Crippen LogP contribution >= 0.6 is 0 Å². The van der Waals surface area contributed by atoms with Crippen molar-refractivity contribution in [3.05, 3.63) is 46.0 Å². The first kappa shape index (κ1) is 13.2. The second kappa shape index (κ2) is 5.62. The summed E-state index contributed by atoms with van der Waals surface area (Å²) in [7, 11) is 0. The predicted molar refractivity (Wildman–Crippen MR) is 70.2 cm³/mol. The lowest BCUT2D eigenvalue weighted by Gasteiger charge is -2.05. The normalized spacial score (nSPS) is 10.8. The number of hydrogen-bond donors (Lipinski definition) is 2. The molecule has 2 rings (SSSR count). The fourth-order valence-corrected chi connectivity index (χ4v) is 1.76. The van der Waals surface area contributed by atoms with E-state index in [0.717, 1.165) is 5.56 Å². The van der Waals surface area contributed by atoms with Gasteiger partial charge in [-0.05, 0) is 24.6 Å². The second-order valence-electron chi connectivity index (χ2n) is 4.34. The largest absolute Gasteiger partial charge is 0.481 e. The first-order valence-corrected chi connectivity index (χ1v) is 5.98. The average molecular weight is 261 g/mol. The van der Waals surface area contributed by atoms with Gasteiger partial charge < -0.3 is 10.4 Å². The Morgan fingerprint density at radius 3 is 3.00 bits per heavy atom. The van der Waals surface area contributed by atoms with Crippen molar-refractivity contribution in [3.8, 4) is 0 Å². The molecule has 2 aromatic rings. The molecule has 0 amide bonds. The van der Waals surface area contributed by atoms with E-state index in [1.165, 1.54) is 10.5 Å². The van der Waals surface area contributed by atoms with Gasteiger partial charge in [0.25, 0.3) is 5.56 Å². The Labute approximate surface area is 109 Å². The minimum atomic E-state index is -0.852. The van der Waals surface area contributed by atoms with E-state index in [-0.39, 0.29) is 12.0 Å². The summed E-state index contributed by atoms with van der Waals surface area (Å²) in [6.45, 7) is 2.67. The van der Waals surface area contributed by atoms with Gasteiger partial charge in [-0.1, -0.05) is 0 Å². The van der Waals surface area contributed by atoms with Gasteiger partial charge in [0.15, 0.2) is 0 Å². The van der Waals surface area contributed by atoms with Crippen molar-refractivity contribution in [1.82, 2.24) is 14.7 Å². The number of aryl methyl sites for hydroxylation is 1. The van der Waals surface area contributed by atoms with Crippen LogP contribution in [-0.2, 0) is 11.3 Å². The number of aliphatic carboxylic acids is 1. The maximum absolute atomic E-state index is 11.9. The fraction of sp³-hybridized carbons (Fsp3) is 0.308. The molecule has 0 aromatic carbocycles. The first-order chi connectivity index (χ1) is 9.06. The number of nitrogens with one attached hydrogen (secondary N) is 1. The number of fused-ring (bicyclic) bond motifs is 1. The van der Waals surface area contributed by atoms with E-state index in [1.807, 2.05) is 19.1 Å². The van der Waals surface area contributed by atoms with E-state index in [9.17, 15) is 9.59 Å². The van der Waals surface area contributed by atoms with Gasteiger partial charge in [0.1, 0.15) is 5.65 Å². The summed E-state index contributed by atoms with van der Waals surface area (Å²) in [4.78, 5) is 26.6. The molecule has 0 unspecified atom stereocenters. The quantitative estimate of drug-likeness (QED) is 0.769. The highest BCUT2D eigenvalue weighted by Gasteiger charge is 2.03. The van der Waals surface area contributed by atoms with Crippen LogP contribution in [0.1, 0.15) is 17.7 Å². The van der Waals surface area contributed by atoms with Crippen molar-refractivity contribution >= 4 is 11.6 Å². The Kier molecular flexibility index (Phi) is 3.91. The van der Waals surface area contributed by atoms with Crippen molar-refractivity contribution < 1.29 is 9.90 Å². The van der Waals surface area contributed by atoms with Crippen LogP contribution in [0.3, 0.4) is 0 Å². The highest BCUT2D eigenvalue weighted by molar-refractivity contribution is 5.66. The van der Waals surface area contributed by atoms with E-state index < -0.39 is 5.97 Å². The van der Waals surface area contributed by atoms with Gasteiger partial charge >= 0.3 is 5.97 Å². The number of carboxylic acid groups (broad SMARTS) is 1. The summed E-state index contributed by atoms with van der Waals surface area (Å²) in [5.74, 6) is -0.852. The van der Waals surface area contributed by atoms with Crippen LogP contribution in [0.4, 0.5) is 0 Å². The molecule has 2 N–H and O–H groups in total. The first-order valence-electron chi connectivity index (χ1n) is 5.98. The zero-order valence-electron chi connectivity index (χ0n) is 10.6. The highest BCUT2D eigenvalue weighted by atomic mass is 16.4. The molecule has 19 heavy (non-hydrogen) atoms. The molecule has 0 saturated heterocycles. The Hall–Kier alpha value is -2.21. The molecule has 0 aliphatic carbocycles. The highest BCUT2D eigenvalue weighted by Crippen LogP contribution is 2.02. The molecule has 0 spiro atoms. The average Bonchev–Trinajstić information content (AvgIpc) is 2.34. The summed E-state index contributed by atoms with van der Waals surface area (Å²) in [6.07, 6.45) is 1.74. The van der Waals surface area contributed by atoms with E-state index in [1.54, 1.807) is 6.20 Å². The molecule has 6 nitrogen and oxygen atoms in total. The number of nitrogens with zero attached hydrogens (tertiary/aromatic N) is 2. The van der Waals surface area contributed by atoms with Gasteiger partial charge in [-0.3, -0.25) is 14.0 Å². The van der Waals surface area contributed by atoms with Gasteiger partial charge in [-0.25, -0.2) is 4.98 Å². The SMILES string of the molecule is Cc1ccn2c(=O)cc(CNCCC(=O)O)nc2c1. The van der Waals surface area contributed by atoms with Crippen molar-refractivity contribution in [2.45, 2.75) is 19.9 Å². The monoisotopic (exact) mass is 261 g/mol. The smallest absolute Gasteiger partial charge is 0.304 e. The van der Waals surface area contributed by atoms with E-state index in [2.05, 4.69) is 10.3 Å². The van der Waals surface area contributed by atoms with Crippen LogP contribution in [0.5, 0.6) is 0 Å². The number of hydrogen-bond acceptors (Lipinski definition) is 4. The third-order valence-electron chi connectivity index (χ3n) is 2.70. The lowest BCUT2D eigenvalue weighted by atomic mass is 10.3. The number of rotatable bonds is 5. The molecule has 0 aliphatic rings. The zero-order valence-corrected chi connectivity index (χ0v) is 10.6. The summed E-state index contributed by atoms with van der Waals surface area (Å²) in [5.41, 5.74) is 2.10. The summed E-state index contributed by atoms with van der Waals surface area (Å²) in [5, 5.41) is 11.5. The summed E-state index contributed by atoms with van der Waals surface area (Å²) >= 11 is 0. The Balaban J connectivity index is 2.16. The fourth-order valence-electron chi connectivity index (χ4n) is 1.76. The number of aromatic nitrogens is 2. The van der Waals surface area contributed by atoms with Crippen molar-refractivity contribution in [2.75, 3.05) is 6.54 Å². The molecule has 0 saturated carbocycles. The van der Waals surface area contributed by atoms with Crippen LogP contribution in [-0.4, -0.2) is 27.0 Å². The Morgan fingerprint density at radius 2 is 2.26 bits per heavy atom. The van der Waals surface area contributed by atoms with Crippen LogP contribution in [0.15, 0.2) is 29.2 Å². The molecule has 100 valence electrons. The van der Waals surface area contributed by atoms with Gasteiger partial charge in [0.2, 0.25) is 0 Å². The van der Waals surface area contributed by atoms with Gasteiger partial charge in [-0.2, -0.15) is 0 Å². The number of carbonyl (C=O) groups is 1. The standard InChI is InChI=1S/C13H15N3O3/c1-9-3-5-16-11(6-9)15-10(7-12(16)17)8-14-4-2-13(18)19/h3,5-7,14H,2,4,8H2,1H3,(H,18,19). The van der Waals surface area contributed by atoms with Crippen molar-refractivity contribution in [2.24, 2.45) is 0 Å². The Morgan fingerprint density at radius 1 is 1.47 bits per heavy atom. The molecular formula is C13H15N3O3. The van der Waals surface area contributed by atoms with Gasteiger partial charge in [0.05, 0.1) is 12.1 Å². The van der Waals surface area contributed by atoms with E-state index >= 15 is 0 Å². The van der Waals surface area contributed by atoms with Crippen molar-refractivity contribution in [3.63, 3.8) is 0 Å². The van der Waals surface area contributed by atoms with Gasteiger partial charge in [0, 0.05) is 25.4 Å². The van der Waals surface area contributed by atoms with Crippen LogP contribution in [0, 0.1) is 6.92 Å². The van der Waals surface area contributed by atoms with Gasteiger partial charge in [-0.15, -0.1) is 0 Å². The molecule has 2 aromatic heterocycles. The minimum Gasteiger partial charge on any atom is -0.481 e. The molecule has 2 heterocycles. The third kappa shape index (κ3) is 3.38. The summed E-state index contributed by atoms with van der Waals surface area (Å²) in [6, 6.07) is 5.14. The maximum atomic E-state index is 11.9. The molecule has 0 aliphatic heterocycles. The number of pyridine rings is 1. The third-order valence-corrected chi connectivity index (χ3v) is 2.70. The second-order valence-corrected chi connectivity index (χ2v) is 4.34. The molecule has 0 bridgehead atoms. The molecule has 6 heteroatoms. The van der Waals surface area contributed by atoms with Crippen LogP contribution in [0.2, 0.25) is 0 Å². The molecule has 0 fully saturated rings. The lowest BCUT2D eigenvalue weighted by Crippen LogP contribution is -2.21.